The van der Waals surface area contributed by atoms with Gasteiger partial charge in [0.25, 0.3) is 0 Å². The molecule has 10 atom stereocenters. The number of unbranched alkanes of at least 4 members (excludes halogenated alkanes) is 4. The van der Waals surface area contributed by atoms with Crippen LogP contribution in [0.25, 0.3) is 0 Å². The minimum absolute atomic E-state index is 0.452. The van der Waals surface area contributed by atoms with Crippen LogP contribution in [-0.2, 0) is 28.5 Å². The maximum absolute atomic E-state index is 11.5. The molecule has 0 radical (unpaired) electrons. The zero-order valence-electron chi connectivity index (χ0n) is 28.6. The number of carbonyl (C=O) groups excluding carboxylic acids is 2. The van der Waals surface area contributed by atoms with Crippen molar-refractivity contribution in [1.82, 2.24) is 5.32 Å². The van der Waals surface area contributed by atoms with Gasteiger partial charge in [0.2, 0.25) is 5.91 Å². The van der Waals surface area contributed by atoms with Crippen molar-refractivity contribution in [1.29, 1.82) is 0 Å². The van der Waals surface area contributed by atoms with Crippen molar-refractivity contribution in [3.8, 4) is 0 Å². The van der Waals surface area contributed by atoms with Crippen molar-refractivity contribution in [3.63, 3.8) is 0 Å². The molecule has 0 aromatic rings. The van der Waals surface area contributed by atoms with Crippen molar-refractivity contribution in [3.05, 3.63) is 0 Å². The third kappa shape index (κ3) is 12.6. The summed E-state index contributed by atoms with van der Waals surface area (Å²) in [5.41, 5.74) is 0. The van der Waals surface area contributed by atoms with Crippen LogP contribution in [0.1, 0.15) is 92.9 Å². The Morgan fingerprint density at radius 1 is 0.822 bits per heavy atom. The molecule has 4 unspecified atom stereocenters. The van der Waals surface area contributed by atoms with Gasteiger partial charge in [-0.15, -0.1) is 0 Å². The molecule has 5 N–H and O–H groups in total. The Balaban J connectivity index is 0.000000512. The number of nitrogens with zero attached hydrogens (tertiary/aromatic N) is 1. The summed E-state index contributed by atoms with van der Waals surface area (Å²) >= 11 is 0. The largest absolute Gasteiger partial charge is 0.547 e. The second-order valence-corrected chi connectivity index (χ2v) is 12.5. The summed E-state index contributed by atoms with van der Waals surface area (Å²) in [6.07, 6.45) is -1.58. The zero-order chi connectivity index (χ0) is 34.2. The van der Waals surface area contributed by atoms with E-state index in [4.69, 9.17) is 18.9 Å². The number of ether oxygens (including phenoxy) is 4. The highest BCUT2D eigenvalue weighted by Crippen LogP contribution is 2.30. The molecule has 0 aliphatic carbocycles. The van der Waals surface area contributed by atoms with Gasteiger partial charge in [-0.2, -0.15) is 0 Å². The van der Waals surface area contributed by atoms with Crippen molar-refractivity contribution >= 4 is 11.9 Å². The number of aliphatic hydroxyl groups is 4. The minimum atomic E-state index is -1.86. The first-order valence-electron chi connectivity index (χ1n) is 16.8. The molecular weight excluding hydrogens is 588 g/mol. The molecule has 13 nitrogen and oxygen atoms in total. The van der Waals surface area contributed by atoms with Crippen molar-refractivity contribution in [2.75, 3.05) is 39.9 Å². The number of aliphatic hydroxyl groups excluding tert-OH is 4. The maximum atomic E-state index is 11.5. The van der Waals surface area contributed by atoms with Gasteiger partial charge in [0, 0.05) is 14.0 Å². The average molecular weight is 651 g/mol. The van der Waals surface area contributed by atoms with E-state index in [1.807, 2.05) is 0 Å². The van der Waals surface area contributed by atoms with E-state index in [-0.39, 0.29) is 0 Å². The summed E-state index contributed by atoms with van der Waals surface area (Å²) in [6.45, 7) is 17.3. The lowest BCUT2D eigenvalue weighted by Crippen LogP contribution is -2.68. The molecule has 0 spiro atoms. The number of hydrogen-bond acceptors (Lipinski definition) is 11. The van der Waals surface area contributed by atoms with E-state index in [2.05, 4.69) is 33.0 Å². The molecule has 2 heterocycles. The highest BCUT2D eigenvalue weighted by Gasteiger charge is 2.51. The minimum Gasteiger partial charge on any atom is -0.547 e. The lowest BCUT2D eigenvalue weighted by molar-refractivity contribution is -0.929. The Kier molecular flexibility index (Phi) is 19.8. The molecule has 2 rings (SSSR count). The van der Waals surface area contributed by atoms with E-state index in [0.29, 0.717) is 0 Å². The predicted octanol–water partition coefficient (Wildman–Crippen LogP) is 0.232. The van der Waals surface area contributed by atoms with Crippen LogP contribution in [-0.4, -0.2) is 138 Å². The fourth-order valence-electron chi connectivity index (χ4n) is 6.10. The van der Waals surface area contributed by atoms with Crippen molar-refractivity contribution in [2.45, 2.75) is 154 Å². The molecule has 2 fully saturated rings. The number of carboxylic acids is 1. The van der Waals surface area contributed by atoms with E-state index < -0.39 is 79.6 Å². The molecule has 0 bridgehead atoms. The SMILES string of the molecule is CCCC[N+](CCCC)(CCCC)CCCC.CO[C@@H]1C(O)[C@H](O[C@@H]2C(NC(C)=O)[C@H](C)OC(CO)[C@H]2O)OC(C(=O)[O-])[C@H]1O. The van der Waals surface area contributed by atoms with Crippen LogP contribution in [0.3, 0.4) is 0 Å². The highest BCUT2D eigenvalue weighted by molar-refractivity contribution is 5.73. The van der Waals surface area contributed by atoms with Crippen LogP contribution in [0.15, 0.2) is 0 Å². The molecule has 0 aromatic heterocycles. The Morgan fingerprint density at radius 3 is 1.69 bits per heavy atom. The first-order chi connectivity index (χ1) is 21.4. The second kappa shape index (κ2) is 21.5. The molecule has 2 aliphatic heterocycles. The number of nitrogens with one attached hydrogen (secondary N) is 1. The first kappa shape index (κ1) is 41.6. The number of quaternary nitrogens is 1. The van der Waals surface area contributed by atoms with Gasteiger partial charge in [-0.3, -0.25) is 4.79 Å². The smallest absolute Gasteiger partial charge is 0.217 e. The summed E-state index contributed by atoms with van der Waals surface area (Å²) in [4.78, 5) is 22.8. The monoisotopic (exact) mass is 650 g/mol. The van der Waals surface area contributed by atoms with Crippen molar-refractivity contribution in [2.24, 2.45) is 0 Å². The molecule has 266 valence electrons. The second-order valence-electron chi connectivity index (χ2n) is 12.5. The van der Waals surface area contributed by atoms with Gasteiger partial charge in [0.1, 0.15) is 42.7 Å². The van der Waals surface area contributed by atoms with Gasteiger partial charge in [0.05, 0.1) is 50.9 Å². The van der Waals surface area contributed by atoms with Gasteiger partial charge in [0.15, 0.2) is 6.29 Å². The fourth-order valence-corrected chi connectivity index (χ4v) is 6.10. The van der Waals surface area contributed by atoms with Crippen LogP contribution in [0.4, 0.5) is 0 Å². The highest BCUT2D eigenvalue weighted by atomic mass is 16.7. The van der Waals surface area contributed by atoms with Crippen LogP contribution in [0, 0.1) is 0 Å². The third-order valence-corrected chi connectivity index (χ3v) is 8.80. The Bertz CT molecular complexity index is 797. The first-order valence-corrected chi connectivity index (χ1v) is 16.8. The van der Waals surface area contributed by atoms with E-state index in [9.17, 15) is 35.1 Å². The lowest BCUT2D eigenvalue weighted by Gasteiger charge is -2.47. The van der Waals surface area contributed by atoms with Gasteiger partial charge >= 0.3 is 0 Å². The Morgan fingerprint density at radius 2 is 1.31 bits per heavy atom. The van der Waals surface area contributed by atoms with Crippen molar-refractivity contribution < 1.29 is 58.6 Å². The fraction of sp³-hybridized carbons (Fsp3) is 0.938. The molecule has 0 aromatic carbocycles. The molecule has 13 heteroatoms. The summed E-state index contributed by atoms with van der Waals surface area (Å²) in [5, 5.41) is 54.1. The summed E-state index contributed by atoms with van der Waals surface area (Å²) in [7, 11) is 1.15. The molecule has 1 amide bonds. The average Bonchev–Trinajstić information content (AvgIpc) is 3.01. The van der Waals surface area contributed by atoms with Crippen LogP contribution in [0.5, 0.6) is 0 Å². The van der Waals surface area contributed by atoms with Gasteiger partial charge in [-0.1, -0.05) is 53.4 Å². The molecule has 45 heavy (non-hydrogen) atoms. The van der Waals surface area contributed by atoms with E-state index in [1.54, 1.807) is 6.92 Å². The van der Waals surface area contributed by atoms with Gasteiger partial charge in [-0.25, -0.2) is 0 Å². The number of rotatable bonds is 18. The van der Waals surface area contributed by atoms with E-state index >= 15 is 0 Å². The lowest BCUT2D eigenvalue weighted by atomic mass is 9.92. The number of amides is 1. The van der Waals surface area contributed by atoms with E-state index in [1.165, 1.54) is 89.0 Å². The molecule has 0 saturated carbocycles. The quantitative estimate of drug-likeness (QED) is 0.128. The van der Waals surface area contributed by atoms with E-state index in [0.717, 1.165) is 7.11 Å². The Hall–Kier alpha value is -1.42. The van der Waals surface area contributed by atoms with Crippen LogP contribution in [0.2, 0.25) is 0 Å². The van der Waals surface area contributed by atoms with Gasteiger partial charge in [-0.05, 0) is 32.6 Å². The Labute approximate surface area is 269 Å². The standard InChI is InChI=1S/C16H27NO11.C16H36N/c1-5-8(17-6(2)19)12(9(20)7(4-18)26-5)27-16-11(22)13(25-3)10(21)14(28-16)15(23)24;1-5-9-13-17(14-10-6-2,15-11-7-3)16-12-8-4/h5,7-14,16,18,20-22H,4H2,1-3H3,(H,17,19)(H,23,24);5-16H2,1-4H3/q;+1/p-1/t5-,7?,8?,9+,10-,11?,12+,13-,14?,16+;/m0./s1. The number of carboxylic acid groups (broad SMARTS) is 1. The molecular formula is C32H62N2O11. The number of carbonyl (C=O) groups is 2. The predicted molar refractivity (Wildman–Crippen MR) is 166 cm³/mol. The molecule has 2 aliphatic rings. The number of aliphatic carboxylic acids is 1. The number of methoxy groups -OCH3 is 1. The van der Waals surface area contributed by atoms with Gasteiger partial charge < -0.3 is 59.1 Å². The zero-order valence-corrected chi connectivity index (χ0v) is 28.6. The topological polar surface area (TPSA) is 187 Å². The van der Waals surface area contributed by atoms with Crippen LogP contribution >= 0.6 is 0 Å². The summed E-state index contributed by atoms with van der Waals surface area (Å²) < 4.78 is 22.6. The summed E-state index contributed by atoms with van der Waals surface area (Å²) in [5.74, 6) is -2.20. The maximum Gasteiger partial charge on any atom is 0.217 e. The molecule has 2 saturated heterocycles. The third-order valence-electron chi connectivity index (χ3n) is 8.80. The van der Waals surface area contributed by atoms with Crippen LogP contribution < -0.4 is 10.4 Å². The number of hydrogen-bond donors (Lipinski definition) is 5. The summed E-state index contributed by atoms with van der Waals surface area (Å²) in [6, 6.07) is -0.902. The normalized spacial score (nSPS) is 32.0.